The van der Waals surface area contributed by atoms with Gasteiger partial charge in [0.25, 0.3) is 5.56 Å². The number of para-hydroxylation sites is 1. The van der Waals surface area contributed by atoms with Gasteiger partial charge in [-0.1, -0.05) is 54.6 Å². The van der Waals surface area contributed by atoms with Crippen molar-refractivity contribution >= 4 is 22.2 Å². The van der Waals surface area contributed by atoms with E-state index in [9.17, 15) is 4.79 Å². The highest BCUT2D eigenvalue weighted by atomic mass is 32.1. The van der Waals surface area contributed by atoms with Gasteiger partial charge in [-0.3, -0.25) is 9.69 Å². The first-order chi connectivity index (χ1) is 17.6. The molecule has 0 saturated carbocycles. The Balaban J connectivity index is 1.68. The van der Waals surface area contributed by atoms with Crippen molar-refractivity contribution in [3.8, 4) is 0 Å². The van der Waals surface area contributed by atoms with Crippen LogP contribution in [0.3, 0.4) is 0 Å². The highest BCUT2D eigenvalue weighted by Gasteiger charge is 2.31. The van der Waals surface area contributed by atoms with Gasteiger partial charge in [-0.05, 0) is 51.4 Å². The van der Waals surface area contributed by atoms with Crippen molar-refractivity contribution in [2.24, 2.45) is 0 Å². The van der Waals surface area contributed by atoms with Crippen molar-refractivity contribution < 1.29 is 4.74 Å². The van der Waals surface area contributed by atoms with Crippen molar-refractivity contribution in [2.45, 2.75) is 32.6 Å². The van der Waals surface area contributed by atoms with Gasteiger partial charge >= 0.3 is 0 Å². The highest BCUT2D eigenvalue weighted by molar-refractivity contribution is 7.09. The number of thiophene rings is 1. The Bertz CT molecular complexity index is 1480. The molecule has 0 aliphatic carbocycles. The zero-order chi connectivity index (χ0) is 24.9. The van der Waals surface area contributed by atoms with Gasteiger partial charge in [-0.25, -0.2) is 4.68 Å². The van der Waals surface area contributed by atoms with E-state index in [4.69, 9.17) is 4.74 Å². The summed E-state index contributed by atoms with van der Waals surface area (Å²) in [6, 6.07) is 21.9. The summed E-state index contributed by atoms with van der Waals surface area (Å²) in [5.74, 6) is 0.608. The molecule has 0 spiro atoms. The number of nitrogens with one attached hydrogen (secondary N) is 1. The maximum Gasteiger partial charge on any atom is 0.253 e. The minimum atomic E-state index is -0.479. The summed E-state index contributed by atoms with van der Waals surface area (Å²) in [4.78, 5) is 20.2. The summed E-state index contributed by atoms with van der Waals surface area (Å²) in [5, 5.41) is 15.7. The third-order valence-corrected chi connectivity index (χ3v) is 7.12. The Labute approximate surface area is 213 Å². The summed E-state index contributed by atoms with van der Waals surface area (Å²) in [5.41, 5.74) is 3.47. The third kappa shape index (κ3) is 5.13. The molecule has 5 rings (SSSR count). The average molecular weight is 501 g/mol. The standard InChI is InChI=1S/C27H28N6O2S/c1-19-8-6-11-21-16-23(27(34)28-24(19)21)25(26-29-30-31-33(26)13-14-35-2)32(18-22-12-7-15-36-22)17-20-9-4-3-5-10-20/h3-12,15-16,25H,13-14,17-18H2,1-2H3,(H,28,34)/t25-/m0/s1. The zero-order valence-electron chi connectivity index (χ0n) is 20.3. The fraction of sp³-hybridized carbons (Fsp3) is 0.259. The number of aromatic amines is 1. The lowest BCUT2D eigenvalue weighted by molar-refractivity contribution is 0.169. The quantitative estimate of drug-likeness (QED) is 0.307. The van der Waals surface area contributed by atoms with E-state index in [0.29, 0.717) is 37.6 Å². The number of aryl methyl sites for hydroxylation is 1. The van der Waals surface area contributed by atoms with Gasteiger partial charge in [0.15, 0.2) is 5.82 Å². The van der Waals surface area contributed by atoms with Crippen LogP contribution in [0.4, 0.5) is 0 Å². The molecule has 36 heavy (non-hydrogen) atoms. The van der Waals surface area contributed by atoms with Gasteiger partial charge in [0.2, 0.25) is 0 Å². The van der Waals surface area contributed by atoms with Crippen LogP contribution < -0.4 is 5.56 Å². The van der Waals surface area contributed by atoms with Crippen LogP contribution in [0.2, 0.25) is 0 Å². The third-order valence-electron chi connectivity index (χ3n) is 6.26. The molecule has 0 radical (unpaired) electrons. The van der Waals surface area contributed by atoms with Crippen LogP contribution in [0.1, 0.15) is 33.4 Å². The first-order valence-electron chi connectivity index (χ1n) is 11.8. The van der Waals surface area contributed by atoms with E-state index in [1.54, 1.807) is 23.1 Å². The van der Waals surface area contributed by atoms with Gasteiger partial charge in [0.1, 0.15) is 6.04 Å². The number of nitrogens with zero attached hydrogens (tertiary/aromatic N) is 5. The van der Waals surface area contributed by atoms with Gasteiger partial charge in [0.05, 0.1) is 18.7 Å². The van der Waals surface area contributed by atoms with Crippen LogP contribution in [-0.2, 0) is 24.4 Å². The van der Waals surface area contributed by atoms with Crippen molar-refractivity contribution in [1.82, 2.24) is 30.1 Å². The lowest BCUT2D eigenvalue weighted by atomic mass is 10.0. The number of methoxy groups -OCH3 is 1. The minimum absolute atomic E-state index is 0.146. The summed E-state index contributed by atoms with van der Waals surface area (Å²) < 4.78 is 7.03. The Kier molecular flexibility index (Phi) is 7.31. The minimum Gasteiger partial charge on any atom is -0.383 e. The Morgan fingerprint density at radius 2 is 1.94 bits per heavy atom. The molecule has 3 aromatic heterocycles. The number of H-pyrrole nitrogens is 1. The molecule has 0 fully saturated rings. The highest BCUT2D eigenvalue weighted by Crippen LogP contribution is 2.31. The van der Waals surface area contributed by atoms with Crippen molar-refractivity contribution in [3.05, 3.63) is 110 Å². The molecule has 9 heteroatoms. The number of fused-ring (bicyclic) bond motifs is 1. The molecule has 0 bridgehead atoms. The van der Waals surface area contributed by atoms with E-state index in [1.165, 1.54) is 4.88 Å². The van der Waals surface area contributed by atoms with E-state index in [1.807, 2.05) is 55.5 Å². The number of pyridine rings is 1. The van der Waals surface area contributed by atoms with E-state index >= 15 is 0 Å². The molecule has 0 saturated heterocycles. The van der Waals surface area contributed by atoms with Gasteiger partial charge in [0, 0.05) is 30.6 Å². The number of benzene rings is 2. The fourth-order valence-corrected chi connectivity index (χ4v) is 5.24. The second-order valence-electron chi connectivity index (χ2n) is 8.72. The number of hydrogen-bond acceptors (Lipinski definition) is 7. The predicted molar refractivity (Wildman–Crippen MR) is 141 cm³/mol. The number of tetrazole rings is 1. The van der Waals surface area contributed by atoms with Gasteiger partial charge in [-0.2, -0.15) is 0 Å². The number of aromatic nitrogens is 5. The summed E-state index contributed by atoms with van der Waals surface area (Å²) >= 11 is 1.69. The van der Waals surface area contributed by atoms with E-state index < -0.39 is 6.04 Å². The van der Waals surface area contributed by atoms with Crippen LogP contribution >= 0.6 is 11.3 Å². The zero-order valence-corrected chi connectivity index (χ0v) is 21.1. The van der Waals surface area contributed by atoms with Crippen LogP contribution in [0, 0.1) is 6.92 Å². The maximum atomic E-state index is 13.6. The molecule has 0 aliphatic rings. The van der Waals surface area contributed by atoms with Gasteiger partial charge < -0.3 is 9.72 Å². The van der Waals surface area contributed by atoms with E-state index in [2.05, 4.69) is 49.0 Å². The number of ether oxygens (including phenoxy) is 1. The SMILES string of the molecule is COCCn1nnnc1[C@H](c1cc2cccc(C)c2[nH]c1=O)N(Cc1ccccc1)Cc1cccs1. The lowest BCUT2D eigenvalue weighted by Gasteiger charge is -2.31. The Morgan fingerprint density at radius 1 is 1.08 bits per heavy atom. The summed E-state index contributed by atoms with van der Waals surface area (Å²) in [7, 11) is 1.65. The maximum absolute atomic E-state index is 13.6. The smallest absolute Gasteiger partial charge is 0.253 e. The molecule has 0 aliphatic heterocycles. The fourth-order valence-electron chi connectivity index (χ4n) is 4.51. The van der Waals surface area contributed by atoms with Crippen LogP contribution in [0.15, 0.2) is 76.9 Å². The molecule has 184 valence electrons. The molecular formula is C27H28N6O2S. The largest absolute Gasteiger partial charge is 0.383 e. The number of hydrogen-bond donors (Lipinski definition) is 1. The molecule has 0 amide bonds. The molecule has 0 unspecified atom stereocenters. The van der Waals surface area contributed by atoms with E-state index in [0.717, 1.165) is 22.0 Å². The lowest BCUT2D eigenvalue weighted by Crippen LogP contribution is -2.35. The van der Waals surface area contributed by atoms with Crippen LogP contribution in [0.5, 0.6) is 0 Å². The first kappa shape index (κ1) is 24.1. The molecular weight excluding hydrogens is 472 g/mol. The van der Waals surface area contributed by atoms with Crippen molar-refractivity contribution in [3.63, 3.8) is 0 Å². The molecule has 1 atom stereocenters. The summed E-state index contributed by atoms with van der Waals surface area (Å²) in [6.07, 6.45) is 0. The molecule has 3 heterocycles. The molecule has 5 aromatic rings. The normalized spacial score (nSPS) is 12.4. The average Bonchev–Trinajstić information content (AvgIpc) is 3.57. The predicted octanol–water partition coefficient (Wildman–Crippen LogP) is 4.32. The topological polar surface area (TPSA) is 88.9 Å². The van der Waals surface area contributed by atoms with Crippen LogP contribution in [0.25, 0.3) is 10.9 Å². The van der Waals surface area contributed by atoms with Gasteiger partial charge in [-0.15, -0.1) is 16.4 Å². The summed E-state index contributed by atoms with van der Waals surface area (Å²) in [6.45, 7) is 4.20. The van der Waals surface area contributed by atoms with Crippen LogP contribution in [-0.4, -0.2) is 43.8 Å². The first-order valence-corrected chi connectivity index (χ1v) is 12.7. The molecule has 1 N–H and O–H groups in total. The second kappa shape index (κ2) is 10.9. The second-order valence-corrected chi connectivity index (χ2v) is 9.75. The molecule has 2 aromatic carbocycles. The van der Waals surface area contributed by atoms with Crippen molar-refractivity contribution in [1.29, 1.82) is 0 Å². The number of rotatable bonds is 10. The molecule has 8 nitrogen and oxygen atoms in total. The monoisotopic (exact) mass is 500 g/mol. The Morgan fingerprint density at radius 3 is 2.72 bits per heavy atom. The van der Waals surface area contributed by atoms with E-state index in [-0.39, 0.29) is 5.56 Å². The van der Waals surface area contributed by atoms with Crippen molar-refractivity contribution in [2.75, 3.05) is 13.7 Å². The Hall–Kier alpha value is -3.66.